The molecule has 0 bridgehead atoms. The molecule has 1 heterocycles. The van der Waals surface area contributed by atoms with Gasteiger partial charge in [0, 0.05) is 5.56 Å². The molecule has 0 unspecified atom stereocenters. The average Bonchev–Trinajstić information content (AvgIpc) is 2.63. The standard InChI is InChI=1S/C17H13F3N2O5/c18-17(19,20)27-12-4-1-10(2-5-12)8-22-13-7-11(16(24)21-25)3-6-14(13)26-9-15(22)23/h1-7,25H,8-9H2,(H,21,24). The molecular formula is C17H13F3N2O5. The molecule has 2 aromatic rings. The van der Waals surface area contributed by atoms with E-state index in [0.29, 0.717) is 17.0 Å². The fraction of sp³-hybridized carbons (Fsp3) is 0.176. The van der Waals surface area contributed by atoms with Gasteiger partial charge in [-0.25, -0.2) is 5.48 Å². The molecule has 0 radical (unpaired) electrons. The highest BCUT2D eigenvalue weighted by atomic mass is 19.4. The minimum absolute atomic E-state index is 0.0473. The SMILES string of the molecule is O=C(NO)c1ccc2c(c1)N(Cc1ccc(OC(F)(F)F)cc1)C(=O)CO2. The number of carbonyl (C=O) groups is 2. The monoisotopic (exact) mass is 382 g/mol. The van der Waals surface area contributed by atoms with E-state index in [0.717, 1.165) is 12.1 Å². The maximum Gasteiger partial charge on any atom is 0.573 e. The van der Waals surface area contributed by atoms with Gasteiger partial charge in [0.15, 0.2) is 6.61 Å². The molecule has 2 aromatic carbocycles. The summed E-state index contributed by atoms with van der Waals surface area (Å²) >= 11 is 0. The molecule has 0 saturated carbocycles. The Bertz CT molecular complexity index is 868. The molecule has 0 spiro atoms. The number of rotatable bonds is 4. The number of amides is 2. The zero-order valence-corrected chi connectivity index (χ0v) is 13.6. The summed E-state index contributed by atoms with van der Waals surface area (Å²) in [5, 5.41) is 8.75. The van der Waals surface area contributed by atoms with Crippen LogP contribution in [0.1, 0.15) is 15.9 Å². The minimum Gasteiger partial charge on any atom is -0.482 e. The highest BCUT2D eigenvalue weighted by Gasteiger charge is 2.31. The average molecular weight is 382 g/mol. The predicted molar refractivity (Wildman–Crippen MR) is 85.5 cm³/mol. The van der Waals surface area contributed by atoms with Crippen molar-refractivity contribution in [3.8, 4) is 11.5 Å². The third-order valence-corrected chi connectivity index (χ3v) is 3.76. The lowest BCUT2D eigenvalue weighted by molar-refractivity contribution is -0.274. The molecule has 142 valence electrons. The molecule has 0 atom stereocenters. The van der Waals surface area contributed by atoms with Crippen molar-refractivity contribution >= 4 is 17.5 Å². The molecule has 0 saturated heterocycles. The van der Waals surface area contributed by atoms with Crippen molar-refractivity contribution in [2.24, 2.45) is 0 Å². The van der Waals surface area contributed by atoms with Crippen LogP contribution in [-0.4, -0.2) is 30.0 Å². The fourth-order valence-electron chi connectivity index (χ4n) is 2.56. The van der Waals surface area contributed by atoms with Crippen LogP contribution in [0.4, 0.5) is 18.9 Å². The van der Waals surface area contributed by atoms with Gasteiger partial charge < -0.3 is 14.4 Å². The normalized spacial score (nSPS) is 13.6. The summed E-state index contributed by atoms with van der Waals surface area (Å²) in [5.41, 5.74) is 2.46. The quantitative estimate of drug-likeness (QED) is 0.627. The third kappa shape index (κ3) is 4.29. The number of halogens is 3. The molecule has 0 aliphatic carbocycles. The minimum atomic E-state index is -4.79. The third-order valence-electron chi connectivity index (χ3n) is 3.76. The Morgan fingerprint density at radius 2 is 1.93 bits per heavy atom. The predicted octanol–water partition coefficient (Wildman–Crippen LogP) is 2.63. The smallest absolute Gasteiger partial charge is 0.482 e. The van der Waals surface area contributed by atoms with Crippen molar-refractivity contribution in [1.29, 1.82) is 0 Å². The molecule has 1 aliphatic heterocycles. The molecule has 2 N–H and O–H groups in total. The Balaban J connectivity index is 1.85. The molecule has 2 amide bonds. The molecule has 0 aromatic heterocycles. The molecule has 7 nitrogen and oxygen atoms in total. The maximum absolute atomic E-state index is 12.2. The van der Waals surface area contributed by atoms with E-state index in [1.54, 1.807) is 0 Å². The lowest BCUT2D eigenvalue weighted by atomic mass is 10.1. The van der Waals surface area contributed by atoms with E-state index >= 15 is 0 Å². The lowest BCUT2D eigenvalue weighted by Crippen LogP contribution is -2.38. The lowest BCUT2D eigenvalue weighted by Gasteiger charge is -2.29. The summed E-state index contributed by atoms with van der Waals surface area (Å²) in [4.78, 5) is 25.2. The van der Waals surface area contributed by atoms with Crippen LogP contribution < -0.4 is 19.9 Å². The zero-order valence-electron chi connectivity index (χ0n) is 13.6. The Morgan fingerprint density at radius 3 is 2.56 bits per heavy atom. The molecule has 10 heteroatoms. The zero-order chi connectivity index (χ0) is 19.6. The van der Waals surface area contributed by atoms with Gasteiger partial charge in [0.1, 0.15) is 11.5 Å². The number of hydrogen-bond donors (Lipinski definition) is 2. The van der Waals surface area contributed by atoms with E-state index in [1.807, 2.05) is 0 Å². The van der Waals surface area contributed by atoms with Gasteiger partial charge in [0.05, 0.1) is 12.2 Å². The van der Waals surface area contributed by atoms with E-state index in [-0.39, 0.29) is 30.4 Å². The van der Waals surface area contributed by atoms with Crippen LogP contribution in [0.5, 0.6) is 11.5 Å². The number of benzene rings is 2. The van der Waals surface area contributed by atoms with Crippen LogP contribution in [0.2, 0.25) is 0 Å². The number of nitrogens with zero attached hydrogens (tertiary/aromatic N) is 1. The van der Waals surface area contributed by atoms with Gasteiger partial charge in [0.25, 0.3) is 11.8 Å². The van der Waals surface area contributed by atoms with E-state index in [2.05, 4.69) is 4.74 Å². The molecule has 0 fully saturated rings. The maximum atomic E-state index is 12.2. The van der Waals surface area contributed by atoms with E-state index < -0.39 is 12.3 Å². The molecular weight excluding hydrogens is 369 g/mol. The number of hydroxylamine groups is 1. The first-order chi connectivity index (χ1) is 12.8. The number of alkyl halides is 3. The van der Waals surface area contributed by atoms with Crippen molar-refractivity contribution in [1.82, 2.24) is 5.48 Å². The number of ether oxygens (including phenoxy) is 2. The largest absolute Gasteiger partial charge is 0.573 e. The Labute approximate surface area is 150 Å². The van der Waals surface area contributed by atoms with Crippen LogP contribution in [0, 0.1) is 0 Å². The van der Waals surface area contributed by atoms with E-state index in [9.17, 15) is 22.8 Å². The van der Waals surface area contributed by atoms with E-state index in [1.165, 1.54) is 40.7 Å². The molecule has 3 rings (SSSR count). The van der Waals surface area contributed by atoms with Gasteiger partial charge >= 0.3 is 6.36 Å². The number of carbonyl (C=O) groups excluding carboxylic acids is 2. The first kappa shape index (κ1) is 18.5. The first-order valence-electron chi connectivity index (χ1n) is 7.63. The Morgan fingerprint density at radius 1 is 1.22 bits per heavy atom. The number of hydrogen-bond acceptors (Lipinski definition) is 5. The number of nitrogens with one attached hydrogen (secondary N) is 1. The second kappa shape index (κ2) is 7.16. The second-order valence-electron chi connectivity index (χ2n) is 5.58. The summed E-state index contributed by atoms with van der Waals surface area (Å²) in [6.07, 6.45) is -4.79. The van der Waals surface area contributed by atoms with Gasteiger partial charge in [0.2, 0.25) is 0 Å². The summed E-state index contributed by atoms with van der Waals surface area (Å²) in [5.74, 6) is -1.16. The highest BCUT2D eigenvalue weighted by molar-refractivity contribution is 6.01. The topological polar surface area (TPSA) is 88.1 Å². The Kier molecular flexibility index (Phi) is 4.91. The van der Waals surface area contributed by atoms with Crippen molar-refractivity contribution in [2.75, 3.05) is 11.5 Å². The van der Waals surface area contributed by atoms with Gasteiger partial charge in [-0.05, 0) is 35.9 Å². The van der Waals surface area contributed by atoms with Crippen LogP contribution in [0.25, 0.3) is 0 Å². The fourth-order valence-corrected chi connectivity index (χ4v) is 2.56. The van der Waals surface area contributed by atoms with Crippen LogP contribution in [-0.2, 0) is 11.3 Å². The molecule has 1 aliphatic rings. The number of fused-ring (bicyclic) bond motifs is 1. The van der Waals surface area contributed by atoms with Gasteiger partial charge in [-0.2, -0.15) is 0 Å². The van der Waals surface area contributed by atoms with Crippen LogP contribution in [0.3, 0.4) is 0 Å². The molecule has 27 heavy (non-hydrogen) atoms. The highest BCUT2D eigenvalue weighted by Crippen LogP contribution is 2.34. The van der Waals surface area contributed by atoms with Gasteiger partial charge in [-0.15, -0.1) is 13.2 Å². The first-order valence-corrected chi connectivity index (χ1v) is 7.63. The van der Waals surface area contributed by atoms with Crippen LogP contribution in [0.15, 0.2) is 42.5 Å². The summed E-state index contributed by atoms with van der Waals surface area (Å²) in [7, 11) is 0. The van der Waals surface area contributed by atoms with Gasteiger partial charge in [-0.3, -0.25) is 14.8 Å². The summed E-state index contributed by atoms with van der Waals surface area (Å²) in [6.45, 7) is -0.167. The summed E-state index contributed by atoms with van der Waals surface area (Å²) < 4.78 is 45.8. The second-order valence-corrected chi connectivity index (χ2v) is 5.58. The number of anilines is 1. The van der Waals surface area contributed by atoms with Crippen molar-refractivity contribution < 1.29 is 37.4 Å². The van der Waals surface area contributed by atoms with Crippen molar-refractivity contribution in [3.05, 3.63) is 53.6 Å². The van der Waals surface area contributed by atoms with Crippen LogP contribution >= 0.6 is 0 Å². The van der Waals surface area contributed by atoms with E-state index in [4.69, 9.17) is 9.94 Å². The van der Waals surface area contributed by atoms with Crippen molar-refractivity contribution in [2.45, 2.75) is 12.9 Å². The van der Waals surface area contributed by atoms with Gasteiger partial charge in [-0.1, -0.05) is 12.1 Å². The Hall–Kier alpha value is -3.27. The van der Waals surface area contributed by atoms with Crippen molar-refractivity contribution in [3.63, 3.8) is 0 Å². The summed E-state index contributed by atoms with van der Waals surface area (Å²) in [6, 6.07) is 9.36.